The predicted octanol–water partition coefficient (Wildman–Crippen LogP) is 2.07. The van der Waals surface area contributed by atoms with Crippen LogP contribution in [0.1, 0.15) is 10.5 Å². The maximum absolute atomic E-state index is 11.8. The molecule has 1 aromatic heterocycles. The number of aromatic nitrogens is 2. The predicted molar refractivity (Wildman–Crippen MR) is 68.5 cm³/mol. The number of anilines is 2. The Morgan fingerprint density at radius 3 is 2.82 bits per heavy atom. The minimum Gasteiger partial charge on any atom is -0.397 e. The van der Waals surface area contributed by atoms with E-state index in [1.165, 1.54) is 18.6 Å². The van der Waals surface area contributed by atoms with Crippen LogP contribution in [0.25, 0.3) is 0 Å². The second kappa shape index (κ2) is 4.92. The maximum atomic E-state index is 11.8. The Hall–Kier alpha value is -1.95. The number of hydrogen-bond donors (Lipinski definition) is 2. The van der Waals surface area contributed by atoms with Gasteiger partial charge in [-0.15, -0.1) is 0 Å². The highest BCUT2D eigenvalue weighted by atomic mass is 79.9. The Balaban J connectivity index is 2.19. The monoisotopic (exact) mass is 292 g/mol. The quantitative estimate of drug-likeness (QED) is 0.831. The number of nitrogens with one attached hydrogen (secondary N) is 1. The highest BCUT2D eigenvalue weighted by molar-refractivity contribution is 9.10. The van der Waals surface area contributed by atoms with Crippen LogP contribution < -0.4 is 11.1 Å². The summed E-state index contributed by atoms with van der Waals surface area (Å²) in [6.07, 6.45) is 4.36. The number of carbonyl (C=O) groups excluding carboxylic acids is 1. The molecule has 2 aromatic rings. The zero-order valence-corrected chi connectivity index (χ0v) is 10.3. The molecular formula is C11H9BrN4O. The molecule has 1 heterocycles. The van der Waals surface area contributed by atoms with E-state index in [1.54, 1.807) is 18.2 Å². The SMILES string of the molecule is Nc1cc(Br)ccc1NC(=O)c1cnccn1. The summed E-state index contributed by atoms with van der Waals surface area (Å²) < 4.78 is 0.854. The third-order valence-electron chi connectivity index (χ3n) is 2.06. The van der Waals surface area contributed by atoms with Crippen LogP contribution in [-0.2, 0) is 0 Å². The number of carbonyl (C=O) groups is 1. The molecule has 86 valence electrons. The average molecular weight is 293 g/mol. The van der Waals surface area contributed by atoms with E-state index in [0.29, 0.717) is 11.4 Å². The van der Waals surface area contributed by atoms with Gasteiger partial charge in [0.2, 0.25) is 0 Å². The van der Waals surface area contributed by atoms with Gasteiger partial charge >= 0.3 is 0 Å². The Morgan fingerprint density at radius 1 is 1.35 bits per heavy atom. The van der Waals surface area contributed by atoms with Gasteiger partial charge < -0.3 is 11.1 Å². The molecule has 0 saturated carbocycles. The van der Waals surface area contributed by atoms with Crippen LogP contribution in [0.2, 0.25) is 0 Å². The lowest BCUT2D eigenvalue weighted by molar-refractivity contribution is 0.102. The molecule has 3 N–H and O–H groups in total. The number of benzene rings is 1. The van der Waals surface area contributed by atoms with Gasteiger partial charge in [-0.1, -0.05) is 15.9 Å². The third-order valence-corrected chi connectivity index (χ3v) is 2.55. The highest BCUT2D eigenvalue weighted by Crippen LogP contribution is 2.23. The number of halogens is 1. The minimum absolute atomic E-state index is 0.245. The van der Waals surface area contributed by atoms with Gasteiger partial charge in [0.1, 0.15) is 5.69 Å². The van der Waals surface area contributed by atoms with Crippen molar-refractivity contribution in [2.24, 2.45) is 0 Å². The van der Waals surface area contributed by atoms with Gasteiger partial charge in [-0.25, -0.2) is 4.98 Å². The molecule has 1 amide bonds. The standard InChI is InChI=1S/C11H9BrN4O/c12-7-1-2-9(8(13)5-7)16-11(17)10-6-14-3-4-15-10/h1-6H,13H2,(H,16,17). The van der Waals surface area contributed by atoms with E-state index in [2.05, 4.69) is 31.2 Å². The number of nitrogens with zero attached hydrogens (tertiary/aromatic N) is 2. The fourth-order valence-electron chi connectivity index (χ4n) is 1.25. The van der Waals surface area contributed by atoms with E-state index in [9.17, 15) is 4.79 Å². The molecule has 0 radical (unpaired) electrons. The molecular weight excluding hydrogens is 284 g/mol. The van der Waals surface area contributed by atoms with E-state index in [1.807, 2.05) is 0 Å². The van der Waals surface area contributed by atoms with E-state index in [-0.39, 0.29) is 11.6 Å². The second-order valence-corrected chi connectivity index (χ2v) is 4.19. The normalized spacial score (nSPS) is 9.94. The lowest BCUT2D eigenvalue weighted by Gasteiger charge is -2.07. The molecule has 0 aliphatic carbocycles. The fraction of sp³-hybridized carbons (Fsp3) is 0. The van der Waals surface area contributed by atoms with Crippen LogP contribution in [0.3, 0.4) is 0 Å². The zero-order chi connectivity index (χ0) is 12.3. The van der Waals surface area contributed by atoms with Crippen molar-refractivity contribution in [3.63, 3.8) is 0 Å². The molecule has 0 spiro atoms. The van der Waals surface area contributed by atoms with E-state index < -0.39 is 0 Å². The molecule has 17 heavy (non-hydrogen) atoms. The summed E-state index contributed by atoms with van der Waals surface area (Å²) >= 11 is 3.29. The lowest BCUT2D eigenvalue weighted by Crippen LogP contribution is -2.14. The van der Waals surface area contributed by atoms with Crippen molar-refractivity contribution in [1.82, 2.24) is 9.97 Å². The molecule has 0 fully saturated rings. The largest absolute Gasteiger partial charge is 0.397 e. The van der Waals surface area contributed by atoms with Gasteiger partial charge in [0.25, 0.3) is 5.91 Å². The average Bonchev–Trinajstić information content (AvgIpc) is 2.34. The van der Waals surface area contributed by atoms with Crippen LogP contribution in [0, 0.1) is 0 Å². The molecule has 6 heteroatoms. The van der Waals surface area contributed by atoms with Crippen molar-refractivity contribution in [3.05, 3.63) is 47.0 Å². The number of hydrogen-bond acceptors (Lipinski definition) is 4. The third kappa shape index (κ3) is 2.79. The molecule has 2 rings (SSSR count). The molecule has 0 aliphatic rings. The first-order valence-corrected chi connectivity index (χ1v) is 5.58. The molecule has 1 aromatic carbocycles. The minimum atomic E-state index is -0.341. The van der Waals surface area contributed by atoms with E-state index >= 15 is 0 Å². The first-order valence-electron chi connectivity index (χ1n) is 4.79. The summed E-state index contributed by atoms with van der Waals surface area (Å²) in [6, 6.07) is 5.22. The smallest absolute Gasteiger partial charge is 0.275 e. The Morgan fingerprint density at radius 2 is 2.18 bits per heavy atom. The van der Waals surface area contributed by atoms with Gasteiger partial charge in [0.15, 0.2) is 0 Å². The van der Waals surface area contributed by atoms with Gasteiger partial charge in [-0.2, -0.15) is 0 Å². The Labute approximate surface area is 106 Å². The van der Waals surface area contributed by atoms with Crippen LogP contribution in [0.15, 0.2) is 41.3 Å². The summed E-state index contributed by atoms with van der Waals surface area (Å²) in [4.78, 5) is 19.5. The van der Waals surface area contributed by atoms with E-state index in [4.69, 9.17) is 5.73 Å². The highest BCUT2D eigenvalue weighted by Gasteiger charge is 2.09. The summed E-state index contributed by atoms with van der Waals surface area (Å²) in [5.74, 6) is -0.341. The van der Waals surface area contributed by atoms with Crippen LogP contribution in [0.4, 0.5) is 11.4 Å². The number of rotatable bonds is 2. The zero-order valence-electron chi connectivity index (χ0n) is 8.72. The number of amides is 1. The molecule has 0 saturated heterocycles. The van der Waals surface area contributed by atoms with Gasteiger partial charge in [0.05, 0.1) is 17.6 Å². The van der Waals surface area contributed by atoms with Crippen molar-refractivity contribution in [1.29, 1.82) is 0 Å². The fourth-order valence-corrected chi connectivity index (χ4v) is 1.63. The lowest BCUT2D eigenvalue weighted by atomic mass is 10.2. The van der Waals surface area contributed by atoms with Crippen LogP contribution in [0.5, 0.6) is 0 Å². The van der Waals surface area contributed by atoms with Crippen LogP contribution in [-0.4, -0.2) is 15.9 Å². The van der Waals surface area contributed by atoms with Crippen LogP contribution >= 0.6 is 15.9 Å². The molecule has 0 aliphatic heterocycles. The summed E-state index contributed by atoms with van der Waals surface area (Å²) in [5, 5.41) is 2.67. The number of nitrogens with two attached hydrogens (primary N) is 1. The van der Waals surface area contributed by atoms with Crippen molar-refractivity contribution in [3.8, 4) is 0 Å². The second-order valence-electron chi connectivity index (χ2n) is 3.28. The first-order chi connectivity index (χ1) is 8.16. The first kappa shape index (κ1) is 11.5. The Bertz CT molecular complexity index is 544. The van der Waals surface area contributed by atoms with Gasteiger partial charge in [0, 0.05) is 16.9 Å². The summed E-state index contributed by atoms with van der Waals surface area (Å²) in [5.41, 5.74) is 7.04. The van der Waals surface area contributed by atoms with E-state index in [0.717, 1.165) is 4.47 Å². The summed E-state index contributed by atoms with van der Waals surface area (Å²) in [7, 11) is 0. The maximum Gasteiger partial charge on any atom is 0.275 e. The van der Waals surface area contributed by atoms with Crippen molar-refractivity contribution in [2.75, 3.05) is 11.1 Å². The van der Waals surface area contributed by atoms with Gasteiger partial charge in [-0.05, 0) is 18.2 Å². The van der Waals surface area contributed by atoms with Crippen molar-refractivity contribution >= 4 is 33.2 Å². The molecule has 5 nitrogen and oxygen atoms in total. The topological polar surface area (TPSA) is 80.9 Å². The Kier molecular flexibility index (Phi) is 3.34. The van der Waals surface area contributed by atoms with Crippen molar-refractivity contribution in [2.45, 2.75) is 0 Å². The molecule has 0 bridgehead atoms. The van der Waals surface area contributed by atoms with Gasteiger partial charge in [-0.3, -0.25) is 9.78 Å². The summed E-state index contributed by atoms with van der Waals surface area (Å²) in [6.45, 7) is 0. The molecule has 0 atom stereocenters. The molecule has 0 unspecified atom stereocenters. The number of nitrogen functional groups attached to an aromatic ring is 1. The van der Waals surface area contributed by atoms with Crippen molar-refractivity contribution < 1.29 is 4.79 Å².